The number of hydrogen-bond donors (Lipinski definition) is 1. The first-order chi connectivity index (χ1) is 18.1. The summed E-state index contributed by atoms with van der Waals surface area (Å²) in [7, 11) is 0. The fourth-order valence-corrected chi connectivity index (χ4v) is 5.86. The van der Waals surface area contributed by atoms with E-state index < -0.39 is 11.8 Å². The molecule has 0 aliphatic carbocycles. The Morgan fingerprint density at radius 3 is 2.68 bits per heavy atom. The molecule has 0 saturated heterocycles. The molecular formula is C26H18N4O5S2. The third-order valence-corrected chi connectivity index (χ3v) is 7.77. The first-order valence-electron chi connectivity index (χ1n) is 11.6. The Morgan fingerprint density at radius 1 is 0.919 bits per heavy atom. The van der Waals surface area contributed by atoms with Gasteiger partial charge in [-0.2, -0.15) is 8.75 Å². The van der Waals surface area contributed by atoms with Crippen molar-refractivity contribution in [3.8, 4) is 11.5 Å². The van der Waals surface area contributed by atoms with Crippen LogP contribution in [0.3, 0.4) is 0 Å². The second-order valence-electron chi connectivity index (χ2n) is 8.82. The highest BCUT2D eigenvalue weighted by molar-refractivity contribution is 7.12. The molecule has 1 unspecified atom stereocenters. The molecule has 1 N–H and O–H groups in total. The van der Waals surface area contributed by atoms with E-state index in [4.69, 9.17) is 14.2 Å². The molecule has 3 aromatic carbocycles. The first-order valence-corrected chi connectivity index (χ1v) is 13.1. The van der Waals surface area contributed by atoms with E-state index in [9.17, 15) is 9.90 Å². The molecule has 4 heterocycles. The summed E-state index contributed by atoms with van der Waals surface area (Å²) in [6.07, 6.45) is 1.01. The van der Waals surface area contributed by atoms with Crippen molar-refractivity contribution in [2.45, 2.75) is 18.6 Å². The molecule has 0 fully saturated rings. The molecule has 7 rings (SSSR count). The summed E-state index contributed by atoms with van der Waals surface area (Å²) in [6, 6.07) is 16.3. The van der Waals surface area contributed by atoms with Crippen LogP contribution in [0.2, 0.25) is 0 Å². The number of aromatic nitrogens is 4. The zero-order valence-electron chi connectivity index (χ0n) is 19.2. The number of carbonyl (C=O) groups excluding carboxylic acids is 1. The lowest BCUT2D eigenvalue weighted by Gasteiger charge is -2.26. The first kappa shape index (κ1) is 22.3. The maximum absolute atomic E-state index is 13.4. The Morgan fingerprint density at radius 2 is 1.76 bits per heavy atom. The minimum absolute atomic E-state index is 0.257. The lowest BCUT2D eigenvalue weighted by atomic mass is 9.88. The van der Waals surface area contributed by atoms with Gasteiger partial charge in [-0.3, -0.25) is 0 Å². The maximum Gasteiger partial charge on any atom is 0.342 e. The van der Waals surface area contributed by atoms with Crippen molar-refractivity contribution in [1.29, 1.82) is 0 Å². The number of benzene rings is 3. The van der Waals surface area contributed by atoms with Gasteiger partial charge in [-0.1, -0.05) is 16.6 Å². The normalized spacial score (nSPS) is 19.4. The summed E-state index contributed by atoms with van der Waals surface area (Å²) < 4.78 is 30.9. The minimum Gasteiger partial charge on any atom is -0.490 e. The van der Waals surface area contributed by atoms with E-state index >= 15 is 0 Å². The lowest BCUT2D eigenvalue weighted by Crippen LogP contribution is -2.29. The van der Waals surface area contributed by atoms with Crippen LogP contribution in [0.5, 0.6) is 11.5 Å². The van der Waals surface area contributed by atoms with Gasteiger partial charge < -0.3 is 19.3 Å². The standard InChI is InChI=1S/C26H18N4O5S2/c31-25-24(15-3-6-18-20(12-15)29-37-28-18)17(10-14-2-5-19-23(11-14)36-30-27-19)26(32,35-25)16-4-7-21-22(13-16)34-9-1-8-33-21/h2-7,11-13,32H,1,8-10H2. The van der Waals surface area contributed by atoms with Gasteiger partial charge in [0.2, 0.25) is 0 Å². The molecular weight excluding hydrogens is 512 g/mol. The van der Waals surface area contributed by atoms with Crippen LogP contribution < -0.4 is 9.47 Å². The molecule has 0 spiro atoms. The lowest BCUT2D eigenvalue weighted by molar-refractivity contribution is -0.185. The molecule has 9 nitrogen and oxygen atoms in total. The van der Waals surface area contributed by atoms with Gasteiger partial charge in [0.25, 0.3) is 5.79 Å². The summed E-state index contributed by atoms with van der Waals surface area (Å²) in [4.78, 5) is 13.4. The molecule has 2 aromatic heterocycles. The van der Waals surface area contributed by atoms with Gasteiger partial charge in [-0.25, -0.2) is 4.79 Å². The number of carbonyl (C=O) groups is 1. The number of hydrogen-bond acceptors (Lipinski definition) is 11. The number of cyclic esters (lactones) is 1. The monoisotopic (exact) mass is 530 g/mol. The zero-order chi connectivity index (χ0) is 25.0. The highest BCUT2D eigenvalue weighted by atomic mass is 32.1. The Hall–Kier alpha value is -3.93. The molecule has 11 heteroatoms. The van der Waals surface area contributed by atoms with Crippen molar-refractivity contribution in [1.82, 2.24) is 18.3 Å². The largest absolute Gasteiger partial charge is 0.490 e. The molecule has 2 aliphatic heterocycles. The number of fused-ring (bicyclic) bond motifs is 3. The topological polar surface area (TPSA) is 117 Å². The van der Waals surface area contributed by atoms with Crippen molar-refractivity contribution < 1.29 is 24.1 Å². The van der Waals surface area contributed by atoms with E-state index in [1.807, 2.05) is 24.3 Å². The van der Waals surface area contributed by atoms with Crippen LogP contribution >= 0.6 is 23.3 Å². The second kappa shape index (κ2) is 8.58. The van der Waals surface area contributed by atoms with E-state index in [1.165, 1.54) is 11.5 Å². The van der Waals surface area contributed by atoms with Crippen molar-refractivity contribution in [3.63, 3.8) is 0 Å². The van der Waals surface area contributed by atoms with Gasteiger partial charge in [0.1, 0.15) is 16.6 Å². The van der Waals surface area contributed by atoms with Crippen LogP contribution in [0.1, 0.15) is 23.1 Å². The molecule has 0 radical (unpaired) electrons. The summed E-state index contributed by atoms with van der Waals surface area (Å²) in [5.74, 6) is -1.54. The highest BCUT2D eigenvalue weighted by Gasteiger charge is 2.48. The SMILES string of the molecule is O=C1OC(O)(c2ccc3c(c2)OCCCO3)C(Cc2ccc3nnsc3c2)=C1c1ccc2nsnc2c1. The van der Waals surface area contributed by atoms with E-state index in [0.29, 0.717) is 52.5 Å². The third-order valence-electron chi connectivity index (χ3n) is 6.53. The van der Waals surface area contributed by atoms with Gasteiger partial charge in [-0.15, -0.1) is 5.10 Å². The summed E-state index contributed by atoms with van der Waals surface area (Å²) in [5, 5.41) is 16.2. The molecule has 0 bridgehead atoms. The summed E-state index contributed by atoms with van der Waals surface area (Å²) in [6.45, 7) is 1.04. The van der Waals surface area contributed by atoms with Gasteiger partial charge in [0, 0.05) is 24.0 Å². The number of esters is 1. The van der Waals surface area contributed by atoms with E-state index in [2.05, 4.69) is 18.3 Å². The number of rotatable bonds is 4. The number of ether oxygens (including phenoxy) is 3. The molecule has 1 atom stereocenters. The Bertz CT molecular complexity index is 1730. The fourth-order valence-electron chi connectivity index (χ4n) is 4.72. The number of nitrogens with zero attached hydrogens (tertiary/aromatic N) is 4. The molecule has 5 aromatic rings. The quantitative estimate of drug-likeness (QED) is 0.340. The van der Waals surface area contributed by atoms with E-state index in [1.54, 1.807) is 30.3 Å². The Labute approximate surface area is 218 Å². The molecule has 0 amide bonds. The van der Waals surface area contributed by atoms with Crippen LogP contribution in [-0.2, 0) is 21.7 Å². The summed E-state index contributed by atoms with van der Waals surface area (Å²) in [5.41, 5.74) is 4.79. The van der Waals surface area contributed by atoms with Crippen molar-refractivity contribution in [3.05, 3.63) is 76.9 Å². The zero-order valence-corrected chi connectivity index (χ0v) is 20.8. The van der Waals surface area contributed by atoms with Crippen LogP contribution in [0, 0.1) is 0 Å². The van der Waals surface area contributed by atoms with Crippen LogP contribution in [0.15, 0.2) is 60.2 Å². The molecule has 0 saturated carbocycles. The highest BCUT2D eigenvalue weighted by Crippen LogP contribution is 2.47. The van der Waals surface area contributed by atoms with Gasteiger partial charge in [0.05, 0.1) is 35.2 Å². The predicted molar refractivity (Wildman–Crippen MR) is 137 cm³/mol. The molecule has 184 valence electrons. The average Bonchev–Trinajstić information content (AvgIpc) is 3.57. The number of aliphatic hydroxyl groups is 1. The van der Waals surface area contributed by atoms with Crippen LogP contribution in [0.4, 0.5) is 0 Å². The molecule has 37 heavy (non-hydrogen) atoms. The Balaban J connectivity index is 1.40. The van der Waals surface area contributed by atoms with Gasteiger partial charge in [-0.05, 0) is 65.1 Å². The van der Waals surface area contributed by atoms with E-state index in [-0.39, 0.29) is 6.42 Å². The minimum atomic E-state index is -2.01. The van der Waals surface area contributed by atoms with Gasteiger partial charge >= 0.3 is 5.97 Å². The van der Waals surface area contributed by atoms with Crippen molar-refractivity contribution in [2.24, 2.45) is 0 Å². The summed E-state index contributed by atoms with van der Waals surface area (Å²) >= 11 is 2.39. The smallest absolute Gasteiger partial charge is 0.342 e. The molecule has 2 aliphatic rings. The maximum atomic E-state index is 13.4. The van der Waals surface area contributed by atoms with Crippen LogP contribution in [0.25, 0.3) is 26.8 Å². The Kier molecular flexibility index (Phi) is 5.17. The van der Waals surface area contributed by atoms with Crippen molar-refractivity contribution in [2.75, 3.05) is 13.2 Å². The predicted octanol–water partition coefficient (Wildman–Crippen LogP) is 4.26. The average molecular weight is 531 g/mol. The fraction of sp³-hybridized carbons (Fsp3) is 0.192. The second-order valence-corrected chi connectivity index (χ2v) is 10.1. The van der Waals surface area contributed by atoms with Crippen molar-refractivity contribution >= 4 is 56.1 Å². The third kappa shape index (κ3) is 3.74. The van der Waals surface area contributed by atoms with Gasteiger partial charge in [0.15, 0.2) is 11.5 Å². The van der Waals surface area contributed by atoms with Crippen LogP contribution in [-0.4, -0.2) is 42.6 Å². The van der Waals surface area contributed by atoms with E-state index in [0.717, 1.165) is 39.4 Å².